The number of carbonyl (C=O) groups is 1. The molecular weight excluding hydrogens is 282 g/mol. The maximum Gasteiger partial charge on any atom is 0.226 e. The minimum Gasteiger partial charge on any atom is -0.355 e. The van der Waals surface area contributed by atoms with Gasteiger partial charge < -0.3 is 5.32 Å². The summed E-state index contributed by atoms with van der Waals surface area (Å²) in [7, 11) is 0. The van der Waals surface area contributed by atoms with Crippen LogP contribution in [0.2, 0.25) is 0 Å². The average Bonchev–Trinajstić information content (AvgIpc) is 2.41. The van der Waals surface area contributed by atoms with Gasteiger partial charge in [0.1, 0.15) is 0 Å². The first-order valence-corrected chi connectivity index (χ1v) is 9.30. The Morgan fingerprint density at radius 3 is 2.14 bits per heavy atom. The van der Waals surface area contributed by atoms with Crippen LogP contribution in [0.1, 0.15) is 65.2 Å². The first-order valence-electron chi connectivity index (χ1n) is 8.77. The molecule has 4 aliphatic carbocycles. The van der Waals surface area contributed by atoms with Crippen LogP contribution in [-0.4, -0.2) is 18.3 Å². The Morgan fingerprint density at radius 2 is 1.67 bits per heavy atom. The van der Waals surface area contributed by atoms with Gasteiger partial charge in [0.25, 0.3) is 0 Å². The normalized spacial score (nSPS) is 37.8. The molecule has 0 aromatic carbocycles. The van der Waals surface area contributed by atoms with Crippen molar-refractivity contribution in [2.45, 2.75) is 65.2 Å². The van der Waals surface area contributed by atoms with E-state index in [0.717, 1.165) is 56.4 Å². The molecule has 4 bridgehead atoms. The molecule has 21 heavy (non-hydrogen) atoms. The maximum absolute atomic E-state index is 12.9. The molecule has 4 fully saturated rings. The van der Waals surface area contributed by atoms with Gasteiger partial charge in [0, 0.05) is 17.8 Å². The Morgan fingerprint density at radius 1 is 1.14 bits per heavy atom. The third-order valence-corrected chi connectivity index (χ3v) is 6.50. The Balaban J connectivity index is 1.58. The molecule has 4 rings (SSSR count). The summed E-state index contributed by atoms with van der Waals surface area (Å²) in [6, 6.07) is 0. The van der Waals surface area contributed by atoms with Crippen molar-refractivity contribution in [3.8, 4) is 0 Å². The highest BCUT2D eigenvalue weighted by Gasteiger charge is 2.54. The molecule has 0 saturated heterocycles. The number of hydrogen-bond acceptors (Lipinski definition) is 1. The lowest BCUT2D eigenvalue weighted by Crippen LogP contribution is -2.54. The van der Waals surface area contributed by atoms with Crippen LogP contribution < -0.4 is 5.32 Å². The Labute approximate surface area is 134 Å². The van der Waals surface area contributed by atoms with E-state index in [2.05, 4.69) is 19.2 Å². The molecule has 2 nitrogen and oxygen atoms in total. The molecule has 0 aliphatic heterocycles. The van der Waals surface area contributed by atoms with Crippen LogP contribution >= 0.6 is 11.6 Å². The lowest BCUT2D eigenvalue weighted by Gasteiger charge is -2.55. The van der Waals surface area contributed by atoms with Crippen molar-refractivity contribution in [1.82, 2.24) is 5.32 Å². The Kier molecular flexibility index (Phi) is 4.29. The molecule has 0 aromatic heterocycles. The van der Waals surface area contributed by atoms with E-state index in [1.54, 1.807) is 0 Å². The van der Waals surface area contributed by atoms with Crippen LogP contribution in [0.5, 0.6) is 0 Å². The molecule has 3 heteroatoms. The molecule has 1 N–H and O–H groups in total. The second-order valence-corrected chi connectivity index (χ2v) is 9.22. The third-order valence-electron chi connectivity index (χ3n) is 6.23. The summed E-state index contributed by atoms with van der Waals surface area (Å²) in [6.45, 7) is 5.27. The van der Waals surface area contributed by atoms with Gasteiger partial charge in [-0.1, -0.05) is 13.8 Å². The highest BCUT2D eigenvalue weighted by atomic mass is 35.5. The zero-order valence-corrected chi connectivity index (χ0v) is 14.3. The number of halogens is 1. The van der Waals surface area contributed by atoms with Gasteiger partial charge in [-0.15, -0.1) is 11.6 Å². The monoisotopic (exact) mass is 311 g/mol. The summed E-state index contributed by atoms with van der Waals surface area (Å²) in [5.74, 6) is 3.59. The average molecular weight is 312 g/mol. The largest absolute Gasteiger partial charge is 0.355 e. The first kappa shape index (κ1) is 15.6. The highest BCUT2D eigenvalue weighted by molar-refractivity contribution is 6.17. The predicted octanol–water partition coefficient (Wildman–Crippen LogP) is 4.36. The van der Waals surface area contributed by atoms with E-state index in [0.29, 0.717) is 11.8 Å². The molecular formula is C18H30ClNO. The molecule has 0 atom stereocenters. The summed E-state index contributed by atoms with van der Waals surface area (Å²) >= 11 is 5.79. The second-order valence-electron chi connectivity index (χ2n) is 8.84. The first-order chi connectivity index (χ1) is 9.92. The number of nitrogens with one attached hydrogen (secondary N) is 1. The molecule has 0 heterocycles. The van der Waals surface area contributed by atoms with Gasteiger partial charge in [-0.3, -0.25) is 4.79 Å². The summed E-state index contributed by atoms with van der Waals surface area (Å²) < 4.78 is 0. The maximum atomic E-state index is 12.9. The summed E-state index contributed by atoms with van der Waals surface area (Å²) in [6.07, 6.45) is 9.78. The molecule has 120 valence electrons. The predicted molar refractivity (Wildman–Crippen MR) is 87.3 cm³/mol. The van der Waals surface area contributed by atoms with E-state index in [-0.39, 0.29) is 10.8 Å². The topological polar surface area (TPSA) is 29.1 Å². The van der Waals surface area contributed by atoms with Crippen LogP contribution in [0.15, 0.2) is 0 Å². The van der Waals surface area contributed by atoms with Gasteiger partial charge in [-0.2, -0.15) is 0 Å². The van der Waals surface area contributed by atoms with E-state index >= 15 is 0 Å². The lowest BCUT2D eigenvalue weighted by molar-refractivity contribution is -0.146. The fourth-order valence-corrected chi connectivity index (χ4v) is 5.66. The number of amides is 1. The summed E-state index contributed by atoms with van der Waals surface area (Å²) in [4.78, 5) is 12.9. The van der Waals surface area contributed by atoms with Crippen molar-refractivity contribution in [2.24, 2.45) is 28.6 Å². The smallest absolute Gasteiger partial charge is 0.226 e. The minimum atomic E-state index is -0.00266. The highest BCUT2D eigenvalue weighted by Crippen LogP contribution is 2.60. The number of rotatable bonds is 6. The van der Waals surface area contributed by atoms with Crippen molar-refractivity contribution >= 4 is 17.5 Å². The molecule has 0 unspecified atom stereocenters. The fourth-order valence-electron chi connectivity index (χ4n) is 5.53. The van der Waals surface area contributed by atoms with E-state index < -0.39 is 0 Å². The second kappa shape index (κ2) is 5.76. The fraction of sp³-hybridized carbons (Fsp3) is 0.944. The van der Waals surface area contributed by atoms with E-state index in [4.69, 9.17) is 11.6 Å². The standard InChI is InChI=1S/C18H30ClNO/c1-17(2,4-3-5-19)12-20-16(21)18-9-13-6-14(10-18)8-15(7-13)11-18/h13-15H,3-12H2,1-2H3,(H,20,21). The minimum absolute atomic E-state index is 0.00266. The number of alkyl halides is 1. The zero-order chi connectivity index (χ0) is 15.1. The molecule has 1 amide bonds. The molecule has 0 aromatic rings. The van der Waals surface area contributed by atoms with Gasteiger partial charge in [-0.25, -0.2) is 0 Å². The van der Waals surface area contributed by atoms with E-state index in [1.807, 2.05) is 0 Å². The Hall–Kier alpha value is -0.240. The van der Waals surface area contributed by atoms with Crippen LogP contribution in [0.25, 0.3) is 0 Å². The van der Waals surface area contributed by atoms with Crippen molar-refractivity contribution in [1.29, 1.82) is 0 Å². The van der Waals surface area contributed by atoms with Gasteiger partial charge in [0.15, 0.2) is 0 Å². The number of hydrogen-bond donors (Lipinski definition) is 1. The van der Waals surface area contributed by atoms with Crippen molar-refractivity contribution in [2.75, 3.05) is 12.4 Å². The van der Waals surface area contributed by atoms with Crippen molar-refractivity contribution in [3.63, 3.8) is 0 Å². The van der Waals surface area contributed by atoms with Gasteiger partial charge in [0.2, 0.25) is 5.91 Å². The quantitative estimate of drug-likeness (QED) is 0.725. The lowest BCUT2D eigenvalue weighted by atomic mass is 9.49. The summed E-state index contributed by atoms with van der Waals surface area (Å²) in [5.41, 5.74) is 0.157. The molecule has 4 saturated carbocycles. The van der Waals surface area contributed by atoms with Crippen LogP contribution in [0.4, 0.5) is 0 Å². The van der Waals surface area contributed by atoms with Gasteiger partial charge in [0.05, 0.1) is 0 Å². The summed E-state index contributed by atoms with van der Waals surface area (Å²) in [5, 5.41) is 3.31. The molecule has 0 spiro atoms. The Bertz CT molecular complexity index is 369. The van der Waals surface area contributed by atoms with Gasteiger partial charge in [-0.05, 0) is 74.5 Å². The van der Waals surface area contributed by atoms with Crippen LogP contribution in [-0.2, 0) is 4.79 Å². The SMILES string of the molecule is CC(C)(CCCCl)CNC(=O)C12CC3CC(CC(C3)C1)C2. The van der Waals surface area contributed by atoms with Crippen LogP contribution in [0.3, 0.4) is 0 Å². The van der Waals surface area contributed by atoms with Crippen LogP contribution in [0, 0.1) is 28.6 Å². The van der Waals surface area contributed by atoms with Crippen molar-refractivity contribution in [3.05, 3.63) is 0 Å². The molecule has 4 aliphatic rings. The van der Waals surface area contributed by atoms with E-state index in [9.17, 15) is 4.79 Å². The third kappa shape index (κ3) is 3.25. The van der Waals surface area contributed by atoms with Gasteiger partial charge >= 0.3 is 0 Å². The molecule has 0 radical (unpaired) electrons. The van der Waals surface area contributed by atoms with Crippen molar-refractivity contribution < 1.29 is 4.79 Å². The number of carbonyl (C=O) groups excluding carboxylic acids is 1. The van der Waals surface area contributed by atoms with E-state index in [1.165, 1.54) is 19.3 Å². The zero-order valence-electron chi connectivity index (χ0n) is 13.6.